The van der Waals surface area contributed by atoms with Crippen molar-refractivity contribution >= 4 is 17.5 Å². The number of carbonyl (C=O) groups excluding carboxylic acids is 1. The number of fused-ring (bicyclic) bond motifs is 5. The van der Waals surface area contributed by atoms with E-state index in [-0.39, 0.29) is 0 Å². The van der Waals surface area contributed by atoms with Gasteiger partial charge < -0.3 is 5.32 Å². The fourth-order valence-electron chi connectivity index (χ4n) is 5.17. The number of halogens is 1. The van der Waals surface area contributed by atoms with Gasteiger partial charge in [-0.3, -0.25) is 4.79 Å². The summed E-state index contributed by atoms with van der Waals surface area (Å²) in [5, 5.41) is 3.64. The SMILES string of the molecule is O=C(NC1CCC(Cl)CC1)C1C2C3CCC(C3)C12. The van der Waals surface area contributed by atoms with Gasteiger partial charge in [0.25, 0.3) is 0 Å². The highest BCUT2D eigenvalue weighted by molar-refractivity contribution is 6.20. The summed E-state index contributed by atoms with van der Waals surface area (Å²) in [5.74, 6) is 4.11. The van der Waals surface area contributed by atoms with Crippen molar-refractivity contribution in [3.8, 4) is 0 Å². The molecule has 1 N–H and O–H groups in total. The lowest BCUT2D eigenvalue weighted by atomic mass is 9.94. The molecule has 0 spiro atoms. The molecule has 4 saturated carbocycles. The molecule has 3 heteroatoms. The van der Waals surface area contributed by atoms with Crippen LogP contribution in [-0.2, 0) is 4.79 Å². The number of alkyl halides is 1. The van der Waals surface area contributed by atoms with Crippen LogP contribution in [0, 0.1) is 29.6 Å². The summed E-state index contributed by atoms with van der Waals surface area (Å²) in [6, 6.07) is 0.409. The number of rotatable bonds is 2. The first-order valence-corrected chi connectivity index (χ1v) is 8.12. The minimum Gasteiger partial charge on any atom is -0.353 e. The highest BCUT2D eigenvalue weighted by atomic mass is 35.5. The molecular weight excluding hydrogens is 246 g/mol. The van der Waals surface area contributed by atoms with Gasteiger partial charge in [-0.05, 0) is 68.6 Å². The maximum atomic E-state index is 12.3. The quantitative estimate of drug-likeness (QED) is 0.766. The van der Waals surface area contributed by atoms with Gasteiger partial charge in [0.1, 0.15) is 0 Å². The Balaban J connectivity index is 1.33. The van der Waals surface area contributed by atoms with Gasteiger partial charge >= 0.3 is 0 Å². The number of hydrogen-bond acceptors (Lipinski definition) is 1. The monoisotopic (exact) mass is 267 g/mol. The van der Waals surface area contributed by atoms with Crippen molar-refractivity contribution in [1.82, 2.24) is 5.32 Å². The third kappa shape index (κ3) is 1.71. The number of nitrogens with one attached hydrogen (secondary N) is 1. The Labute approximate surface area is 114 Å². The van der Waals surface area contributed by atoms with Gasteiger partial charge in [-0.15, -0.1) is 11.6 Å². The van der Waals surface area contributed by atoms with Crippen LogP contribution in [0.2, 0.25) is 0 Å². The summed E-state index contributed by atoms with van der Waals surface area (Å²) in [4.78, 5) is 12.3. The van der Waals surface area contributed by atoms with E-state index in [2.05, 4.69) is 5.32 Å². The Morgan fingerprint density at radius 2 is 1.56 bits per heavy atom. The summed E-state index contributed by atoms with van der Waals surface area (Å²) in [6.45, 7) is 0. The molecule has 2 bridgehead atoms. The van der Waals surface area contributed by atoms with E-state index in [1.807, 2.05) is 0 Å². The Kier molecular flexibility index (Phi) is 2.65. The molecule has 4 fully saturated rings. The lowest BCUT2D eigenvalue weighted by molar-refractivity contribution is -0.124. The molecule has 0 aromatic rings. The molecule has 18 heavy (non-hydrogen) atoms. The molecule has 0 aromatic heterocycles. The van der Waals surface area contributed by atoms with E-state index < -0.39 is 0 Å². The molecule has 100 valence electrons. The Morgan fingerprint density at radius 3 is 2.17 bits per heavy atom. The van der Waals surface area contributed by atoms with Gasteiger partial charge in [-0.1, -0.05) is 0 Å². The standard InChI is InChI=1S/C15H22ClNO/c16-10-3-5-11(6-4-10)17-15(18)14-12-8-1-2-9(7-8)13(12)14/h8-14H,1-7H2,(H,17,18). The van der Waals surface area contributed by atoms with Crippen LogP contribution in [0.5, 0.6) is 0 Å². The third-order valence-electron chi connectivity index (χ3n) is 6.04. The summed E-state index contributed by atoms with van der Waals surface area (Å²) >= 11 is 6.11. The maximum Gasteiger partial charge on any atom is 0.223 e. The fraction of sp³-hybridized carbons (Fsp3) is 0.933. The summed E-state index contributed by atoms with van der Waals surface area (Å²) in [6.07, 6.45) is 8.50. The Hall–Kier alpha value is -0.240. The van der Waals surface area contributed by atoms with E-state index in [0.717, 1.165) is 49.4 Å². The van der Waals surface area contributed by atoms with Crippen LogP contribution in [-0.4, -0.2) is 17.3 Å². The zero-order valence-corrected chi connectivity index (χ0v) is 11.5. The van der Waals surface area contributed by atoms with E-state index >= 15 is 0 Å². The highest BCUT2D eigenvalue weighted by Gasteiger charge is 2.67. The molecule has 0 radical (unpaired) electrons. The predicted molar refractivity (Wildman–Crippen MR) is 71.3 cm³/mol. The van der Waals surface area contributed by atoms with Crippen molar-refractivity contribution in [3.63, 3.8) is 0 Å². The largest absolute Gasteiger partial charge is 0.353 e. The molecule has 2 nitrogen and oxygen atoms in total. The van der Waals surface area contributed by atoms with Crippen molar-refractivity contribution in [2.45, 2.75) is 56.4 Å². The van der Waals surface area contributed by atoms with Crippen LogP contribution in [0.1, 0.15) is 44.9 Å². The van der Waals surface area contributed by atoms with Gasteiger partial charge in [0.05, 0.1) is 0 Å². The smallest absolute Gasteiger partial charge is 0.223 e. The lowest BCUT2D eigenvalue weighted by Crippen LogP contribution is -2.39. The van der Waals surface area contributed by atoms with Crippen LogP contribution in [0.15, 0.2) is 0 Å². The fourth-order valence-corrected chi connectivity index (χ4v) is 5.42. The predicted octanol–water partition coefficient (Wildman–Crippen LogP) is 2.94. The second-order valence-electron chi connectivity index (χ2n) is 6.97. The topological polar surface area (TPSA) is 29.1 Å². The van der Waals surface area contributed by atoms with Crippen LogP contribution < -0.4 is 5.32 Å². The van der Waals surface area contributed by atoms with E-state index in [1.165, 1.54) is 19.3 Å². The molecule has 0 aromatic carbocycles. The van der Waals surface area contributed by atoms with Crippen molar-refractivity contribution in [2.24, 2.45) is 29.6 Å². The molecule has 4 rings (SSSR count). The minimum atomic E-state index is 0.342. The number of carbonyl (C=O) groups is 1. The van der Waals surface area contributed by atoms with Gasteiger partial charge in [-0.25, -0.2) is 0 Å². The van der Waals surface area contributed by atoms with Gasteiger partial charge in [0.15, 0.2) is 0 Å². The molecular formula is C15H22ClNO. The van der Waals surface area contributed by atoms with Crippen LogP contribution in [0.4, 0.5) is 0 Å². The number of amides is 1. The molecule has 1 amide bonds. The second kappa shape index (κ2) is 4.13. The summed E-state index contributed by atoms with van der Waals surface area (Å²) in [5.41, 5.74) is 0. The van der Waals surface area contributed by atoms with E-state index in [9.17, 15) is 4.79 Å². The molecule has 0 aliphatic heterocycles. The van der Waals surface area contributed by atoms with Crippen molar-refractivity contribution in [3.05, 3.63) is 0 Å². The minimum absolute atomic E-state index is 0.342. The number of hydrogen-bond donors (Lipinski definition) is 1. The van der Waals surface area contributed by atoms with Crippen molar-refractivity contribution in [1.29, 1.82) is 0 Å². The normalized spacial score (nSPS) is 53.1. The molecule has 4 aliphatic carbocycles. The second-order valence-corrected chi connectivity index (χ2v) is 7.59. The third-order valence-corrected chi connectivity index (χ3v) is 6.48. The van der Waals surface area contributed by atoms with Crippen molar-refractivity contribution < 1.29 is 4.79 Å². The Bertz CT molecular complexity index is 348. The van der Waals surface area contributed by atoms with Gasteiger partial charge in [0, 0.05) is 17.3 Å². The molecule has 0 saturated heterocycles. The summed E-state index contributed by atoms with van der Waals surface area (Å²) < 4.78 is 0. The van der Waals surface area contributed by atoms with E-state index in [0.29, 0.717) is 23.2 Å². The van der Waals surface area contributed by atoms with Gasteiger partial charge in [-0.2, -0.15) is 0 Å². The first kappa shape index (κ1) is 11.6. The molecule has 4 aliphatic rings. The average Bonchev–Trinajstić information content (AvgIpc) is 2.82. The highest BCUT2D eigenvalue weighted by Crippen LogP contribution is 2.69. The average molecular weight is 268 g/mol. The zero-order valence-electron chi connectivity index (χ0n) is 10.8. The van der Waals surface area contributed by atoms with Crippen LogP contribution in [0.25, 0.3) is 0 Å². The van der Waals surface area contributed by atoms with Crippen LogP contribution in [0.3, 0.4) is 0 Å². The first-order chi connectivity index (χ1) is 8.74. The lowest BCUT2D eigenvalue weighted by Gasteiger charge is -2.26. The molecule has 0 heterocycles. The van der Waals surface area contributed by atoms with Gasteiger partial charge in [0.2, 0.25) is 5.91 Å². The van der Waals surface area contributed by atoms with Crippen molar-refractivity contribution in [2.75, 3.05) is 0 Å². The molecule has 4 atom stereocenters. The zero-order chi connectivity index (χ0) is 12.3. The van der Waals surface area contributed by atoms with E-state index in [1.54, 1.807) is 0 Å². The maximum absolute atomic E-state index is 12.3. The Morgan fingerprint density at radius 1 is 0.944 bits per heavy atom. The summed E-state index contributed by atoms with van der Waals surface area (Å²) in [7, 11) is 0. The van der Waals surface area contributed by atoms with Crippen LogP contribution >= 0.6 is 11.6 Å². The first-order valence-electron chi connectivity index (χ1n) is 7.68. The van der Waals surface area contributed by atoms with E-state index in [4.69, 9.17) is 11.6 Å². The molecule has 4 unspecified atom stereocenters.